The van der Waals surface area contributed by atoms with E-state index in [0.29, 0.717) is 12.0 Å². The average Bonchev–Trinajstić information content (AvgIpc) is 2.43. The molecule has 3 nitrogen and oxygen atoms in total. The van der Waals surface area contributed by atoms with Gasteiger partial charge >= 0.3 is 5.97 Å². The van der Waals surface area contributed by atoms with Crippen LogP contribution in [-0.2, 0) is 9.53 Å². The van der Waals surface area contributed by atoms with Gasteiger partial charge in [-0.05, 0) is 18.6 Å². The minimum atomic E-state index is -0.252. The maximum atomic E-state index is 11.4. The van der Waals surface area contributed by atoms with Gasteiger partial charge in [-0.15, -0.1) is 11.8 Å². The van der Waals surface area contributed by atoms with E-state index in [4.69, 9.17) is 9.47 Å². The predicted octanol–water partition coefficient (Wildman–Crippen LogP) is 3.30. The van der Waals surface area contributed by atoms with Crippen LogP contribution in [0.1, 0.15) is 13.3 Å². The van der Waals surface area contributed by atoms with Crippen molar-refractivity contribution in [3.05, 3.63) is 35.9 Å². The Morgan fingerprint density at radius 1 is 1.33 bits per heavy atom. The Kier molecular flexibility index (Phi) is 6.36. The Balaban J connectivity index is 2.64. The smallest absolute Gasteiger partial charge is 0.333 e. The Morgan fingerprint density at radius 3 is 2.67 bits per heavy atom. The van der Waals surface area contributed by atoms with Crippen LogP contribution in [0.5, 0.6) is 5.75 Å². The van der Waals surface area contributed by atoms with E-state index in [1.165, 1.54) is 7.11 Å². The lowest BCUT2D eigenvalue weighted by molar-refractivity contribution is -0.136. The van der Waals surface area contributed by atoms with Gasteiger partial charge in [0, 0.05) is 16.2 Å². The van der Waals surface area contributed by atoms with E-state index >= 15 is 0 Å². The normalized spacial score (nSPS) is 11.2. The number of rotatable bonds is 6. The van der Waals surface area contributed by atoms with Crippen molar-refractivity contribution in [3.8, 4) is 5.75 Å². The van der Waals surface area contributed by atoms with Crippen LogP contribution in [0.25, 0.3) is 0 Å². The monoisotopic (exact) mass is 266 g/mol. The molecule has 0 N–H and O–H groups in total. The van der Waals surface area contributed by atoms with Crippen LogP contribution in [0, 0.1) is 0 Å². The first-order chi connectivity index (χ1) is 8.72. The van der Waals surface area contributed by atoms with Gasteiger partial charge in [0.05, 0.1) is 14.2 Å². The standard InChI is InChI=1S/C14H18O3S/c1-4-11(14(15)17-3)9-10-18-13-8-6-5-7-12(13)16-2/h5-9H,4,10H2,1-3H3. The van der Waals surface area contributed by atoms with E-state index in [2.05, 4.69) is 0 Å². The second kappa shape index (κ2) is 7.82. The third-order valence-corrected chi connectivity index (χ3v) is 3.45. The van der Waals surface area contributed by atoms with E-state index in [0.717, 1.165) is 16.4 Å². The Hall–Kier alpha value is -1.42. The number of esters is 1. The molecule has 0 heterocycles. The van der Waals surface area contributed by atoms with Crippen LogP contribution in [0.4, 0.5) is 0 Å². The molecule has 1 aromatic rings. The number of hydrogen-bond donors (Lipinski definition) is 0. The fourth-order valence-electron chi connectivity index (χ4n) is 1.47. The molecule has 0 aliphatic carbocycles. The van der Waals surface area contributed by atoms with Crippen molar-refractivity contribution in [3.63, 3.8) is 0 Å². The molecule has 4 heteroatoms. The average molecular weight is 266 g/mol. The van der Waals surface area contributed by atoms with Gasteiger partial charge in [0.2, 0.25) is 0 Å². The van der Waals surface area contributed by atoms with E-state index in [1.54, 1.807) is 18.9 Å². The molecule has 0 radical (unpaired) electrons. The highest BCUT2D eigenvalue weighted by molar-refractivity contribution is 7.99. The van der Waals surface area contributed by atoms with Crippen molar-refractivity contribution in [2.45, 2.75) is 18.2 Å². The summed E-state index contributed by atoms with van der Waals surface area (Å²) in [7, 11) is 3.06. The quantitative estimate of drug-likeness (QED) is 0.449. The summed E-state index contributed by atoms with van der Waals surface area (Å²) in [6.07, 6.45) is 2.59. The SMILES string of the molecule is CCC(=CCSc1ccccc1OC)C(=O)OC. The predicted molar refractivity (Wildman–Crippen MR) is 74.1 cm³/mol. The second-order valence-corrected chi connectivity index (χ2v) is 4.60. The highest BCUT2D eigenvalue weighted by Crippen LogP contribution is 2.28. The minimum absolute atomic E-state index is 0.252. The number of carbonyl (C=O) groups is 1. The van der Waals surface area contributed by atoms with Gasteiger partial charge in [-0.3, -0.25) is 0 Å². The molecule has 0 bridgehead atoms. The summed E-state index contributed by atoms with van der Waals surface area (Å²) >= 11 is 1.63. The van der Waals surface area contributed by atoms with Crippen LogP contribution in [0.15, 0.2) is 40.8 Å². The third-order valence-electron chi connectivity index (χ3n) is 2.47. The molecule has 0 amide bonds. The zero-order valence-electron chi connectivity index (χ0n) is 10.9. The third kappa shape index (κ3) is 4.11. The van der Waals surface area contributed by atoms with Crippen LogP contribution in [-0.4, -0.2) is 25.9 Å². The number of methoxy groups -OCH3 is 2. The molecular formula is C14H18O3S. The van der Waals surface area contributed by atoms with E-state index in [1.807, 2.05) is 37.3 Å². The van der Waals surface area contributed by atoms with E-state index in [9.17, 15) is 4.79 Å². The van der Waals surface area contributed by atoms with Crippen molar-refractivity contribution in [1.82, 2.24) is 0 Å². The first-order valence-electron chi connectivity index (χ1n) is 5.76. The van der Waals surface area contributed by atoms with Gasteiger partial charge in [0.25, 0.3) is 0 Å². The molecule has 0 spiro atoms. The van der Waals surface area contributed by atoms with Gasteiger partial charge in [-0.1, -0.05) is 25.1 Å². The largest absolute Gasteiger partial charge is 0.496 e. The molecule has 0 aliphatic heterocycles. The Morgan fingerprint density at radius 2 is 2.06 bits per heavy atom. The summed E-state index contributed by atoms with van der Waals surface area (Å²) in [4.78, 5) is 12.5. The minimum Gasteiger partial charge on any atom is -0.496 e. The maximum Gasteiger partial charge on any atom is 0.333 e. The first kappa shape index (κ1) is 14.6. The molecule has 1 rings (SSSR count). The molecule has 98 valence electrons. The molecule has 0 unspecified atom stereocenters. The summed E-state index contributed by atoms with van der Waals surface area (Å²) in [6, 6.07) is 7.83. The molecule has 0 saturated carbocycles. The molecule has 0 fully saturated rings. The topological polar surface area (TPSA) is 35.5 Å². The van der Waals surface area contributed by atoms with Gasteiger partial charge in [-0.25, -0.2) is 4.79 Å². The van der Waals surface area contributed by atoms with Crippen LogP contribution in [0.2, 0.25) is 0 Å². The van der Waals surface area contributed by atoms with Crippen molar-refractivity contribution in [2.24, 2.45) is 0 Å². The number of para-hydroxylation sites is 1. The molecule has 0 atom stereocenters. The van der Waals surface area contributed by atoms with E-state index in [-0.39, 0.29) is 5.97 Å². The molecule has 0 saturated heterocycles. The maximum absolute atomic E-state index is 11.4. The summed E-state index contributed by atoms with van der Waals surface area (Å²) < 4.78 is 9.97. The number of benzene rings is 1. The number of ether oxygens (including phenoxy) is 2. The van der Waals surface area contributed by atoms with Gasteiger partial charge in [0.1, 0.15) is 5.75 Å². The van der Waals surface area contributed by atoms with Crippen molar-refractivity contribution in [2.75, 3.05) is 20.0 Å². The van der Waals surface area contributed by atoms with E-state index < -0.39 is 0 Å². The first-order valence-corrected chi connectivity index (χ1v) is 6.74. The molecule has 1 aromatic carbocycles. The highest BCUT2D eigenvalue weighted by atomic mass is 32.2. The Bertz CT molecular complexity index is 427. The van der Waals surface area contributed by atoms with Crippen LogP contribution in [0.3, 0.4) is 0 Å². The number of thioether (sulfide) groups is 1. The van der Waals surface area contributed by atoms with Crippen LogP contribution < -0.4 is 4.74 Å². The number of carbonyl (C=O) groups excluding carboxylic acids is 1. The van der Waals surface area contributed by atoms with Gasteiger partial charge < -0.3 is 9.47 Å². The molecular weight excluding hydrogens is 248 g/mol. The fraction of sp³-hybridized carbons (Fsp3) is 0.357. The highest BCUT2D eigenvalue weighted by Gasteiger charge is 2.07. The zero-order valence-corrected chi connectivity index (χ0v) is 11.8. The van der Waals surface area contributed by atoms with Crippen molar-refractivity contribution < 1.29 is 14.3 Å². The lowest BCUT2D eigenvalue weighted by Gasteiger charge is -2.06. The summed E-state index contributed by atoms with van der Waals surface area (Å²) in [5, 5.41) is 0. The zero-order chi connectivity index (χ0) is 13.4. The number of hydrogen-bond acceptors (Lipinski definition) is 4. The molecule has 0 aliphatic rings. The van der Waals surface area contributed by atoms with Gasteiger partial charge in [-0.2, -0.15) is 0 Å². The lowest BCUT2D eigenvalue weighted by atomic mass is 10.2. The summed E-state index contributed by atoms with van der Waals surface area (Å²) in [5.74, 6) is 1.32. The van der Waals surface area contributed by atoms with Gasteiger partial charge in [0.15, 0.2) is 0 Å². The lowest BCUT2D eigenvalue weighted by Crippen LogP contribution is -2.04. The molecule has 18 heavy (non-hydrogen) atoms. The summed E-state index contributed by atoms with van der Waals surface area (Å²) in [6.45, 7) is 1.94. The van der Waals surface area contributed by atoms with Crippen LogP contribution >= 0.6 is 11.8 Å². The van der Waals surface area contributed by atoms with Crippen molar-refractivity contribution in [1.29, 1.82) is 0 Å². The summed E-state index contributed by atoms with van der Waals surface area (Å²) in [5.41, 5.74) is 0.708. The second-order valence-electron chi connectivity index (χ2n) is 3.54. The fourth-order valence-corrected chi connectivity index (χ4v) is 2.41. The Labute approximate surface area is 112 Å². The molecule has 0 aromatic heterocycles. The van der Waals surface area contributed by atoms with Crippen molar-refractivity contribution >= 4 is 17.7 Å².